The zero-order valence-electron chi connectivity index (χ0n) is 9.28. The van der Waals surface area contributed by atoms with Crippen molar-refractivity contribution in [3.8, 4) is 0 Å². The number of hydrogen-bond acceptors (Lipinski definition) is 2. The third-order valence-corrected chi connectivity index (χ3v) is 4.58. The summed E-state index contributed by atoms with van der Waals surface area (Å²) in [5.41, 5.74) is 0.230. The normalized spacial score (nSPS) is 14.6. The lowest BCUT2D eigenvalue weighted by atomic mass is 9.95. The van der Waals surface area contributed by atoms with E-state index < -0.39 is 5.60 Å². The van der Waals surface area contributed by atoms with Crippen LogP contribution in [0.2, 0.25) is 4.34 Å². The first-order valence-corrected chi connectivity index (χ1v) is 7.19. The van der Waals surface area contributed by atoms with Crippen LogP contribution in [0.5, 0.6) is 0 Å². The lowest BCUT2D eigenvalue weighted by Crippen LogP contribution is -2.22. The molecule has 0 bridgehead atoms. The highest BCUT2D eigenvalue weighted by molar-refractivity contribution is 9.10. The van der Waals surface area contributed by atoms with E-state index in [4.69, 9.17) is 11.6 Å². The van der Waals surface area contributed by atoms with Crippen molar-refractivity contribution in [3.63, 3.8) is 0 Å². The Balaban J connectivity index is 2.19. The Morgan fingerprint density at radius 2 is 1.88 bits per heavy atom. The highest BCUT2D eigenvalue weighted by Crippen LogP contribution is 2.33. The van der Waals surface area contributed by atoms with Crippen molar-refractivity contribution in [2.75, 3.05) is 0 Å². The van der Waals surface area contributed by atoms with E-state index in [0.717, 1.165) is 14.9 Å². The molecule has 0 spiro atoms. The van der Waals surface area contributed by atoms with Crippen molar-refractivity contribution >= 4 is 38.9 Å². The van der Waals surface area contributed by atoms with Crippen LogP contribution in [0, 0.1) is 0 Å². The van der Waals surface area contributed by atoms with Crippen molar-refractivity contribution in [2.45, 2.75) is 18.9 Å². The second-order valence-corrected chi connectivity index (χ2v) is 6.81. The van der Waals surface area contributed by atoms with Crippen molar-refractivity contribution < 1.29 is 5.11 Å². The molecule has 0 fully saturated rings. The highest BCUT2D eigenvalue weighted by atomic mass is 79.9. The Labute approximate surface area is 118 Å². The van der Waals surface area contributed by atoms with Crippen LogP contribution in [0.4, 0.5) is 0 Å². The third kappa shape index (κ3) is 3.32. The van der Waals surface area contributed by atoms with E-state index in [-0.39, 0.29) is 0 Å². The van der Waals surface area contributed by atoms with Crippen LogP contribution in [0.1, 0.15) is 17.4 Å². The minimum absolute atomic E-state index is 0.580. The minimum Gasteiger partial charge on any atom is -0.384 e. The second kappa shape index (κ2) is 5.11. The molecule has 1 aromatic carbocycles. The fourth-order valence-corrected chi connectivity index (χ4v) is 3.04. The highest BCUT2D eigenvalue weighted by Gasteiger charge is 2.25. The smallest absolute Gasteiger partial charge is 0.100 e. The van der Waals surface area contributed by atoms with Crippen LogP contribution < -0.4 is 0 Å². The topological polar surface area (TPSA) is 20.2 Å². The Bertz CT molecular complexity index is 504. The van der Waals surface area contributed by atoms with Crippen LogP contribution in [-0.2, 0) is 12.0 Å². The first-order chi connectivity index (χ1) is 7.97. The molecule has 0 aliphatic heterocycles. The van der Waals surface area contributed by atoms with E-state index in [1.165, 1.54) is 11.3 Å². The molecular weight excluding hydrogens is 320 g/mol. The molecular formula is C13H12BrClOS. The van der Waals surface area contributed by atoms with Crippen LogP contribution in [0.25, 0.3) is 0 Å². The molecule has 1 heterocycles. The average molecular weight is 332 g/mol. The van der Waals surface area contributed by atoms with Gasteiger partial charge >= 0.3 is 0 Å². The molecule has 0 radical (unpaired) electrons. The first kappa shape index (κ1) is 13.1. The van der Waals surface area contributed by atoms with Gasteiger partial charge in [-0.05, 0) is 36.8 Å². The van der Waals surface area contributed by atoms with Crippen molar-refractivity contribution in [1.29, 1.82) is 0 Å². The number of thiophene rings is 1. The predicted octanol–water partition coefficient (Wildman–Crippen LogP) is 4.61. The number of benzene rings is 1. The van der Waals surface area contributed by atoms with Gasteiger partial charge in [-0.15, -0.1) is 11.3 Å². The zero-order valence-corrected chi connectivity index (χ0v) is 12.4. The van der Waals surface area contributed by atoms with Gasteiger partial charge in [-0.25, -0.2) is 0 Å². The van der Waals surface area contributed by atoms with Gasteiger partial charge in [-0.3, -0.25) is 0 Å². The molecule has 2 aromatic rings. The van der Waals surface area contributed by atoms with Crippen LogP contribution >= 0.6 is 38.9 Å². The van der Waals surface area contributed by atoms with E-state index in [1.54, 1.807) is 0 Å². The molecule has 1 atom stereocenters. The zero-order chi connectivity index (χ0) is 12.5. The Kier molecular flexibility index (Phi) is 3.93. The van der Waals surface area contributed by atoms with E-state index in [1.807, 2.05) is 43.3 Å². The third-order valence-electron chi connectivity index (χ3n) is 2.57. The number of rotatable bonds is 3. The molecule has 0 aliphatic carbocycles. The lowest BCUT2D eigenvalue weighted by molar-refractivity contribution is 0.0615. The summed E-state index contributed by atoms with van der Waals surface area (Å²) in [6.07, 6.45) is 0.580. The van der Waals surface area contributed by atoms with Gasteiger partial charge in [0.1, 0.15) is 5.60 Å². The first-order valence-electron chi connectivity index (χ1n) is 5.20. The van der Waals surface area contributed by atoms with Gasteiger partial charge in [-0.1, -0.05) is 39.7 Å². The van der Waals surface area contributed by atoms with E-state index >= 15 is 0 Å². The summed E-state index contributed by atoms with van der Waals surface area (Å²) < 4.78 is 1.75. The standard InChI is InChI=1S/C13H12BrClOS/c1-13(16,11-6-7-12(15)17-11)8-9-2-4-10(14)5-3-9/h2-7,16H,8H2,1H3. The second-order valence-electron chi connectivity index (χ2n) is 4.18. The summed E-state index contributed by atoms with van der Waals surface area (Å²) in [4.78, 5) is 0.894. The molecule has 0 aliphatic rings. The maximum atomic E-state index is 10.5. The fraction of sp³-hybridized carbons (Fsp3) is 0.231. The van der Waals surface area contributed by atoms with Gasteiger partial charge in [0.05, 0.1) is 4.34 Å². The molecule has 1 nitrogen and oxygen atoms in total. The summed E-state index contributed by atoms with van der Waals surface area (Å²) in [5, 5.41) is 10.5. The van der Waals surface area contributed by atoms with Crippen LogP contribution in [0.15, 0.2) is 40.9 Å². The quantitative estimate of drug-likeness (QED) is 0.870. The summed E-state index contributed by atoms with van der Waals surface area (Å²) in [6, 6.07) is 11.7. The Morgan fingerprint density at radius 1 is 1.24 bits per heavy atom. The molecule has 4 heteroatoms. The predicted molar refractivity (Wildman–Crippen MR) is 76.7 cm³/mol. The van der Waals surface area contributed by atoms with E-state index in [2.05, 4.69) is 15.9 Å². The molecule has 0 saturated carbocycles. The van der Waals surface area contributed by atoms with Crippen molar-refractivity contribution in [3.05, 3.63) is 55.6 Å². The fourth-order valence-electron chi connectivity index (χ4n) is 1.69. The van der Waals surface area contributed by atoms with Gasteiger partial charge in [0.15, 0.2) is 0 Å². The van der Waals surface area contributed by atoms with Crippen molar-refractivity contribution in [1.82, 2.24) is 0 Å². The SMILES string of the molecule is CC(O)(Cc1ccc(Br)cc1)c1ccc(Cl)s1. The Hall–Kier alpha value is -0.350. The van der Waals surface area contributed by atoms with E-state index in [9.17, 15) is 5.11 Å². The maximum Gasteiger partial charge on any atom is 0.100 e. The molecule has 17 heavy (non-hydrogen) atoms. The summed E-state index contributed by atoms with van der Waals surface area (Å²) in [7, 11) is 0. The lowest BCUT2D eigenvalue weighted by Gasteiger charge is -2.21. The largest absolute Gasteiger partial charge is 0.384 e. The number of halogens is 2. The summed E-state index contributed by atoms with van der Waals surface area (Å²) in [6.45, 7) is 1.82. The van der Waals surface area contributed by atoms with Gasteiger partial charge in [0.2, 0.25) is 0 Å². The van der Waals surface area contributed by atoms with Crippen LogP contribution in [0.3, 0.4) is 0 Å². The molecule has 0 amide bonds. The Morgan fingerprint density at radius 3 is 2.41 bits per heavy atom. The molecule has 0 saturated heterocycles. The van der Waals surface area contributed by atoms with Gasteiger partial charge in [0, 0.05) is 15.8 Å². The van der Waals surface area contributed by atoms with Gasteiger partial charge < -0.3 is 5.11 Å². The van der Waals surface area contributed by atoms with Crippen LogP contribution in [-0.4, -0.2) is 5.11 Å². The summed E-state index contributed by atoms with van der Waals surface area (Å²) in [5.74, 6) is 0. The van der Waals surface area contributed by atoms with Gasteiger partial charge in [0.25, 0.3) is 0 Å². The molecule has 1 unspecified atom stereocenters. The average Bonchev–Trinajstić information content (AvgIpc) is 2.69. The van der Waals surface area contributed by atoms with Crippen molar-refractivity contribution in [2.24, 2.45) is 0 Å². The maximum absolute atomic E-state index is 10.5. The molecule has 1 N–H and O–H groups in total. The minimum atomic E-state index is -0.869. The molecule has 1 aromatic heterocycles. The van der Waals surface area contributed by atoms with E-state index in [0.29, 0.717) is 10.8 Å². The molecule has 90 valence electrons. The van der Waals surface area contributed by atoms with Gasteiger partial charge in [-0.2, -0.15) is 0 Å². The number of hydrogen-bond donors (Lipinski definition) is 1. The molecule has 2 rings (SSSR count). The number of aliphatic hydroxyl groups is 1. The monoisotopic (exact) mass is 330 g/mol. The summed E-state index contributed by atoms with van der Waals surface area (Å²) >= 11 is 10.7.